The number of hydrogen-bond donors (Lipinski definition) is 3. The highest BCUT2D eigenvalue weighted by Crippen LogP contribution is 2.16. The molecule has 3 nitrogen and oxygen atoms in total. The van der Waals surface area contributed by atoms with Gasteiger partial charge < -0.3 is 15.5 Å². The smallest absolute Gasteiger partial charge is 0.115 e. The van der Waals surface area contributed by atoms with Crippen LogP contribution in [0, 0.1) is 0 Å². The summed E-state index contributed by atoms with van der Waals surface area (Å²) in [6.45, 7) is 1.00. The van der Waals surface area contributed by atoms with Gasteiger partial charge in [-0.05, 0) is 37.1 Å². The summed E-state index contributed by atoms with van der Waals surface area (Å²) in [5, 5.41) is 22.5. The van der Waals surface area contributed by atoms with E-state index in [9.17, 15) is 10.2 Å². The molecule has 2 unspecified atom stereocenters. The number of aliphatic hydroxyl groups is 1. The average Bonchev–Trinajstić information content (AvgIpc) is 2.70. The second-order valence-electron chi connectivity index (χ2n) is 4.14. The fraction of sp³-hybridized carbons (Fsp3) is 0.500. The van der Waals surface area contributed by atoms with Crippen molar-refractivity contribution < 1.29 is 10.2 Å². The van der Waals surface area contributed by atoms with Gasteiger partial charge in [0.1, 0.15) is 5.75 Å². The van der Waals surface area contributed by atoms with Crippen molar-refractivity contribution in [3.63, 3.8) is 0 Å². The zero-order chi connectivity index (χ0) is 10.7. The lowest BCUT2D eigenvalue weighted by atomic mass is 10.0. The minimum atomic E-state index is -0.353. The second-order valence-corrected chi connectivity index (χ2v) is 4.14. The van der Waals surface area contributed by atoms with Gasteiger partial charge in [-0.2, -0.15) is 0 Å². The number of phenolic OH excluding ortho intramolecular Hbond substituents is 1. The van der Waals surface area contributed by atoms with Crippen LogP contribution >= 0.6 is 0 Å². The van der Waals surface area contributed by atoms with Gasteiger partial charge in [-0.15, -0.1) is 0 Å². The SMILES string of the molecule is Oc1cccc(CC(O)C2CCCN2)c1. The fourth-order valence-corrected chi connectivity index (χ4v) is 2.11. The molecule has 82 valence electrons. The number of rotatable bonds is 3. The Kier molecular flexibility index (Phi) is 3.23. The molecule has 3 heteroatoms. The molecule has 0 spiro atoms. The van der Waals surface area contributed by atoms with Crippen LogP contribution in [0.5, 0.6) is 5.75 Å². The van der Waals surface area contributed by atoms with Gasteiger partial charge in [0.05, 0.1) is 6.10 Å². The standard InChI is InChI=1S/C12H17NO2/c14-10-4-1-3-9(7-10)8-12(15)11-5-2-6-13-11/h1,3-4,7,11-15H,2,5-6,8H2. The van der Waals surface area contributed by atoms with Crippen LogP contribution in [0.4, 0.5) is 0 Å². The number of nitrogens with one attached hydrogen (secondary N) is 1. The van der Waals surface area contributed by atoms with E-state index in [1.807, 2.05) is 6.07 Å². The van der Waals surface area contributed by atoms with Gasteiger partial charge in [-0.1, -0.05) is 12.1 Å². The number of aliphatic hydroxyl groups excluding tert-OH is 1. The van der Waals surface area contributed by atoms with E-state index in [1.165, 1.54) is 0 Å². The molecule has 15 heavy (non-hydrogen) atoms. The van der Waals surface area contributed by atoms with E-state index < -0.39 is 0 Å². The Bertz CT molecular complexity index is 321. The number of phenols is 1. The van der Waals surface area contributed by atoms with E-state index in [0.717, 1.165) is 24.9 Å². The van der Waals surface area contributed by atoms with Crippen LogP contribution in [0.25, 0.3) is 0 Å². The van der Waals surface area contributed by atoms with Gasteiger partial charge in [0, 0.05) is 12.5 Å². The van der Waals surface area contributed by atoms with Gasteiger partial charge in [0.15, 0.2) is 0 Å². The highest BCUT2D eigenvalue weighted by molar-refractivity contribution is 5.27. The Morgan fingerprint density at radius 2 is 2.33 bits per heavy atom. The summed E-state index contributed by atoms with van der Waals surface area (Å²) in [4.78, 5) is 0. The second kappa shape index (κ2) is 4.64. The van der Waals surface area contributed by atoms with Crippen molar-refractivity contribution in [3.8, 4) is 5.75 Å². The predicted molar refractivity (Wildman–Crippen MR) is 58.8 cm³/mol. The number of benzene rings is 1. The molecule has 1 saturated heterocycles. The topological polar surface area (TPSA) is 52.5 Å². The summed E-state index contributed by atoms with van der Waals surface area (Å²) in [6, 6.07) is 7.30. The Balaban J connectivity index is 1.95. The third-order valence-corrected chi connectivity index (χ3v) is 2.92. The van der Waals surface area contributed by atoms with E-state index >= 15 is 0 Å². The van der Waals surface area contributed by atoms with Crippen LogP contribution in [0.3, 0.4) is 0 Å². The van der Waals surface area contributed by atoms with Crippen LogP contribution in [0.15, 0.2) is 24.3 Å². The maximum atomic E-state index is 9.95. The summed E-state index contributed by atoms with van der Waals surface area (Å²) < 4.78 is 0. The maximum Gasteiger partial charge on any atom is 0.115 e. The van der Waals surface area contributed by atoms with E-state index in [0.29, 0.717) is 6.42 Å². The third kappa shape index (κ3) is 2.70. The highest BCUT2D eigenvalue weighted by atomic mass is 16.3. The molecule has 0 bridgehead atoms. The molecule has 1 aliphatic rings. The zero-order valence-electron chi connectivity index (χ0n) is 8.69. The lowest BCUT2D eigenvalue weighted by Gasteiger charge is -2.18. The Hall–Kier alpha value is -1.06. The highest BCUT2D eigenvalue weighted by Gasteiger charge is 2.22. The summed E-state index contributed by atoms with van der Waals surface area (Å²) in [6.07, 6.45) is 2.43. The van der Waals surface area contributed by atoms with Crippen LogP contribution < -0.4 is 5.32 Å². The van der Waals surface area contributed by atoms with Crippen LogP contribution in [0.1, 0.15) is 18.4 Å². The molecule has 3 N–H and O–H groups in total. The number of hydrogen-bond acceptors (Lipinski definition) is 3. The summed E-state index contributed by atoms with van der Waals surface area (Å²) in [5.74, 6) is 0.263. The molecule has 0 saturated carbocycles. The summed E-state index contributed by atoms with van der Waals surface area (Å²) in [7, 11) is 0. The molecule has 1 aromatic carbocycles. The summed E-state index contributed by atoms with van der Waals surface area (Å²) >= 11 is 0. The largest absolute Gasteiger partial charge is 0.508 e. The third-order valence-electron chi connectivity index (χ3n) is 2.92. The van der Waals surface area contributed by atoms with Crippen LogP contribution in [-0.2, 0) is 6.42 Å². The summed E-state index contributed by atoms with van der Waals surface area (Å²) in [5.41, 5.74) is 0.983. The van der Waals surface area contributed by atoms with E-state index in [2.05, 4.69) is 5.32 Å². The molecule has 0 aliphatic carbocycles. The number of aromatic hydroxyl groups is 1. The first-order valence-corrected chi connectivity index (χ1v) is 5.45. The molecule has 1 aromatic rings. The molecular weight excluding hydrogens is 190 g/mol. The molecular formula is C12H17NO2. The minimum Gasteiger partial charge on any atom is -0.508 e. The van der Waals surface area contributed by atoms with E-state index in [-0.39, 0.29) is 17.9 Å². The monoisotopic (exact) mass is 207 g/mol. The van der Waals surface area contributed by atoms with Crippen molar-refractivity contribution in [1.82, 2.24) is 5.32 Å². The average molecular weight is 207 g/mol. The van der Waals surface area contributed by atoms with Gasteiger partial charge in [0.25, 0.3) is 0 Å². The lowest BCUT2D eigenvalue weighted by molar-refractivity contribution is 0.136. The van der Waals surface area contributed by atoms with Crippen LogP contribution in [-0.4, -0.2) is 28.9 Å². The van der Waals surface area contributed by atoms with Crippen molar-refractivity contribution in [3.05, 3.63) is 29.8 Å². The predicted octanol–water partition coefficient (Wildman–Crippen LogP) is 1.05. The molecule has 2 rings (SSSR count). The van der Waals surface area contributed by atoms with Crippen molar-refractivity contribution in [2.24, 2.45) is 0 Å². The van der Waals surface area contributed by atoms with E-state index in [1.54, 1.807) is 18.2 Å². The van der Waals surface area contributed by atoms with Crippen molar-refractivity contribution in [2.75, 3.05) is 6.54 Å². The van der Waals surface area contributed by atoms with Gasteiger partial charge >= 0.3 is 0 Å². The van der Waals surface area contributed by atoms with E-state index in [4.69, 9.17) is 0 Å². The molecule has 0 amide bonds. The lowest BCUT2D eigenvalue weighted by Crippen LogP contribution is -2.36. The van der Waals surface area contributed by atoms with Gasteiger partial charge in [-0.3, -0.25) is 0 Å². The Labute approximate surface area is 89.8 Å². The molecule has 1 fully saturated rings. The van der Waals surface area contributed by atoms with Crippen molar-refractivity contribution in [2.45, 2.75) is 31.4 Å². The van der Waals surface area contributed by atoms with Crippen LogP contribution in [0.2, 0.25) is 0 Å². The Morgan fingerprint density at radius 3 is 3.00 bits per heavy atom. The normalized spacial score (nSPS) is 22.9. The Morgan fingerprint density at radius 1 is 1.47 bits per heavy atom. The van der Waals surface area contributed by atoms with Gasteiger partial charge in [0.2, 0.25) is 0 Å². The minimum absolute atomic E-state index is 0.215. The van der Waals surface area contributed by atoms with Crippen molar-refractivity contribution >= 4 is 0 Å². The molecule has 1 aliphatic heterocycles. The fourth-order valence-electron chi connectivity index (χ4n) is 2.11. The van der Waals surface area contributed by atoms with Crippen molar-refractivity contribution in [1.29, 1.82) is 0 Å². The molecule has 0 radical (unpaired) electrons. The van der Waals surface area contributed by atoms with Gasteiger partial charge in [-0.25, -0.2) is 0 Å². The quantitative estimate of drug-likeness (QED) is 0.694. The first-order chi connectivity index (χ1) is 7.25. The zero-order valence-corrected chi connectivity index (χ0v) is 8.69. The molecule has 0 aromatic heterocycles. The first kappa shape index (κ1) is 10.5. The molecule has 2 atom stereocenters. The maximum absolute atomic E-state index is 9.95. The molecule has 1 heterocycles. The first-order valence-electron chi connectivity index (χ1n) is 5.45.